The fourth-order valence-corrected chi connectivity index (χ4v) is 3.25. The third-order valence-corrected chi connectivity index (χ3v) is 5.02. The van der Waals surface area contributed by atoms with Crippen LogP contribution in [0.15, 0.2) is 47.5 Å². The summed E-state index contributed by atoms with van der Waals surface area (Å²) in [6.07, 6.45) is 4.20. The first-order valence-electron chi connectivity index (χ1n) is 8.66. The average Bonchev–Trinajstić information content (AvgIpc) is 2.64. The maximum atomic E-state index is 5.97. The van der Waals surface area contributed by atoms with Crippen molar-refractivity contribution in [2.24, 2.45) is 17.4 Å². The number of likely N-dealkylation sites (tertiary alicyclic amines) is 1. The molecule has 0 saturated carbocycles. The van der Waals surface area contributed by atoms with Crippen LogP contribution in [0, 0.1) is 5.92 Å². The molecule has 1 fully saturated rings. The van der Waals surface area contributed by atoms with Crippen molar-refractivity contribution in [1.82, 2.24) is 9.88 Å². The fraction of sp³-hybridized carbons (Fsp3) is 0.421. The molecule has 0 radical (unpaired) electrons. The van der Waals surface area contributed by atoms with E-state index in [1.165, 1.54) is 25.9 Å². The molecule has 6 heteroatoms. The van der Waals surface area contributed by atoms with E-state index in [1.807, 2.05) is 36.4 Å². The predicted molar refractivity (Wildman–Crippen MR) is 109 cm³/mol. The molecule has 0 bridgehead atoms. The molecule has 1 saturated heterocycles. The van der Waals surface area contributed by atoms with E-state index >= 15 is 0 Å². The second kappa shape index (κ2) is 10.8. The van der Waals surface area contributed by atoms with E-state index in [9.17, 15) is 0 Å². The van der Waals surface area contributed by atoms with Crippen molar-refractivity contribution in [3.8, 4) is 11.1 Å². The molecule has 0 atom stereocenters. The Hall–Kier alpha value is -1.11. The van der Waals surface area contributed by atoms with Gasteiger partial charge in [0, 0.05) is 29.7 Å². The van der Waals surface area contributed by atoms with Gasteiger partial charge in [-0.25, -0.2) is 4.98 Å². The van der Waals surface area contributed by atoms with Gasteiger partial charge in [0.25, 0.3) is 0 Å². The topological polar surface area (TPSA) is 68.2 Å². The summed E-state index contributed by atoms with van der Waals surface area (Å²) in [4.78, 5) is 7.39. The van der Waals surface area contributed by atoms with Crippen molar-refractivity contribution in [3.05, 3.63) is 47.7 Å². The number of benzene rings is 1. The van der Waals surface area contributed by atoms with Crippen LogP contribution in [0.1, 0.15) is 12.8 Å². The smallest absolute Gasteiger partial charge is 0.136 e. The van der Waals surface area contributed by atoms with E-state index in [2.05, 4.69) is 22.5 Å². The summed E-state index contributed by atoms with van der Waals surface area (Å²) in [6.45, 7) is 5.08. The Bertz CT molecular complexity index is 628. The summed E-state index contributed by atoms with van der Waals surface area (Å²) in [5.41, 5.74) is 13.0. The highest BCUT2D eigenvalue weighted by atomic mass is 35.5. The van der Waals surface area contributed by atoms with Crippen molar-refractivity contribution < 1.29 is 0 Å². The molecular formula is C19H27ClN4S. The Morgan fingerprint density at radius 2 is 1.80 bits per heavy atom. The third-order valence-electron chi connectivity index (χ3n) is 4.42. The van der Waals surface area contributed by atoms with Crippen LogP contribution in [-0.2, 0) is 0 Å². The Labute approximate surface area is 161 Å². The van der Waals surface area contributed by atoms with Gasteiger partial charge >= 0.3 is 0 Å². The summed E-state index contributed by atoms with van der Waals surface area (Å²) >= 11 is 10.2. The SMILES string of the molecule is NCCN1CCC(CN)CC1.Sc1ccc(-c2cccnc2Cl)cc1. The van der Waals surface area contributed by atoms with Gasteiger partial charge in [0.1, 0.15) is 5.15 Å². The van der Waals surface area contributed by atoms with E-state index in [-0.39, 0.29) is 0 Å². The van der Waals surface area contributed by atoms with Gasteiger partial charge < -0.3 is 16.4 Å². The van der Waals surface area contributed by atoms with Crippen LogP contribution < -0.4 is 11.5 Å². The lowest BCUT2D eigenvalue weighted by atomic mass is 9.97. The van der Waals surface area contributed by atoms with E-state index < -0.39 is 0 Å². The lowest BCUT2D eigenvalue weighted by Crippen LogP contribution is -2.38. The number of piperidine rings is 1. The molecule has 4 N–H and O–H groups in total. The van der Waals surface area contributed by atoms with Gasteiger partial charge in [-0.2, -0.15) is 0 Å². The molecule has 0 aliphatic carbocycles. The van der Waals surface area contributed by atoms with Crippen molar-refractivity contribution in [3.63, 3.8) is 0 Å². The van der Waals surface area contributed by atoms with Gasteiger partial charge in [0.2, 0.25) is 0 Å². The molecule has 1 aromatic heterocycles. The number of halogens is 1. The van der Waals surface area contributed by atoms with Gasteiger partial charge in [0.15, 0.2) is 0 Å². The Morgan fingerprint density at radius 1 is 1.12 bits per heavy atom. The molecule has 0 amide bonds. The molecule has 136 valence electrons. The lowest BCUT2D eigenvalue weighted by molar-refractivity contribution is 0.192. The molecule has 4 nitrogen and oxygen atoms in total. The zero-order chi connectivity index (χ0) is 18.1. The van der Waals surface area contributed by atoms with Gasteiger partial charge in [-0.3, -0.25) is 0 Å². The highest BCUT2D eigenvalue weighted by Gasteiger charge is 2.16. The summed E-state index contributed by atoms with van der Waals surface area (Å²) in [7, 11) is 0. The van der Waals surface area contributed by atoms with E-state index in [4.69, 9.17) is 23.1 Å². The molecule has 0 unspecified atom stereocenters. The van der Waals surface area contributed by atoms with Crippen molar-refractivity contribution in [1.29, 1.82) is 0 Å². The van der Waals surface area contributed by atoms with Crippen LogP contribution in [0.25, 0.3) is 11.1 Å². The Morgan fingerprint density at radius 3 is 2.36 bits per heavy atom. The molecule has 1 aliphatic heterocycles. The van der Waals surface area contributed by atoms with Crippen LogP contribution in [0.2, 0.25) is 5.15 Å². The zero-order valence-corrected chi connectivity index (χ0v) is 16.1. The number of pyridine rings is 1. The number of nitrogens with zero attached hydrogens (tertiary/aromatic N) is 2. The third kappa shape index (κ3) is 6.60. The fourth-order valence-electron chi connectivity index (χ4n) is 2.87. The number of nitrogens with two attached hydrogens (primary N) is 2. The first-order valence-corrected chi connectivity index (χ1v) is 9.49. The van der Waals surface area contributed by atoms with E-state index in [1.54, 1.807) is 6.20 Å². The summed E-state index contributed by atoms with van der Waals surface area (Å²) < 4.78 is 0. The standard InChI is InChI=1S/C11H8ClNS.C8H19N3/c12-11-10(2-1-7-13-11)8-3-5-9(14)6-4-8;9-3-6-11-4-1-8(7-10)2-5-11/h1-7,14H;8H,1-7,9-10H2. The summed E-state index contributed by atoms with van der Waals surface area (Å²) in [6, 6.07) is 11.6. The highest BCUT2D eigenvalue weighted by Crippen LogP contribution is 2.26. The van der Waals surface area contributed by atoms with Gasteiger partial charge in [0.05, 0.1) is 0 Å². The Kier molecular flexibility index (Phi) is 8.72. The lowest BCUT2D eigenvalue weighted by Gasteiger charge is -2.30. The number of aromatic nitrogens is 1. The maximum Gasteiger partial charge on any atom is 0.136 e. The van der Waals surface area contributed by atoms with Crippen LogP contribution in [0.4, 0.5) is 0 Å². The number of rotatable bonds is 4. The first-order chi connectivity index (χ1) is 12.1. The van der Waals surface area contributed by atoms with Crippen molar-refractivity contribution in [2.75, 3.05) is 32.7 Å². The predicted octanol–water partition coefficient (Wildman–Crippen LogP) is 3.31. The zero-order valence-electron chi connectivity index (χ0n) is 14.4. The quantitative estimate of drug-likeness (QED) is 0.564. The number of thiol groups is 1. The molecule has 1 aliphatic rings. The first kappa shape index (κ1) is 20.2. The average molecular weight is 379 g/mol. The summed E-state index contributed by atoms with van der Waals surface area (Å²) in [5.74, 6) is 0.768. The van der Waals surface area contributed by atoms with Crippen LogP contribution in [-0.4, -0.2) is 42.6 Å². The normalized spacial score (nSPS) is 15.5. The molecule has 2 heterocycles. The minimum absolute atomic E-state index is 0.527. The molecule has 25 heavy (non-hydrogen) atoms. The van der Waals surface area contributed by atoms with Crippen LogP contribution >= 0.6 is 24.2 Å². The molecule has 2 aromatic rings. The van der Waals surface area contributed by atoms with Gasteiger partial charge in [-0.15, -0.1) is 12.6 Å². The van der Waals surface area contributed by atoms with E-state index in [0.29, 0.717) is 5.15 Å². The maximum absolute atomic E-state index is 5.97. The minimum Gasteiger partial charge on any atom is -0.330 e. The van der Waals surface area contributed by atoms with Gasteiger partial charge in [-0.1, -0.05) is 23.7 Å². The monoisotopic (exact) mass is 378 g/mol. The van der Waals surface area contributed by atoms with E-state index in [0.717, 1.165) is 41.6 Å². The molecule has 3 rings (SSSR count). The van der Waals surface area contributed by atoms with Crippen LogP contribution in [0.5, 0.6) is 0 Å². The number of hydrogen-bond donors (Lipinski definition) is 3. The highest BCUT2D eigenvalue weighted by molar-refractivity contribution is 7.80. The molecular weight excluding hydrogens is 352 g/mol. The second-order valence-electron chi connectivity index (χ2n) is 6.20. The van der Waals surface area contributed by atoms with Gasteiger partial charge in [-0.05, 0) is 68.2 Å². The van der Waals surface area contributed by atoms with Crippen molar-refractivity contribution >= 4 is 24.2 Å². The number of hydrogen-bond acceptors (Lipinski definition) is 5. The molecule has 0 spiro atoms. The minimum atomic E-state index is 0.527. The Balaban J connectivity index is 0.000000186. The largest absolute Gasteiger partial charge is 0.330 e. The molecule has 1 aromatic carbocycles. The second-order valence-corrected chi connectivity index (χ2v) is 7.07. The van der Waals surface area contributed by atoms with Crippen LogP contribution in [0.3, 0.4) is 0 Å². The van der Waals surface area contributed by atoms with Crippen molar-refractivity contribution in [2.45, 2.75) is 17.7 Å². The summed E-state index contributed by atoms with van der Waals surface area (Å²) in [5, 5.41) is 0.527.